The van der Waals surface area contributed by atoms with Crippen LogP contribution < -0.4 is 5.32 Å². The van der Waals surface area contributed by atoms with Crippen LogP contribution in [0.1, 0.15) is 38.5 Å². The summed E-state index contributed by atoms with van der Waals surface area (Å²) in [6, 6.07) is 0. The molecule has 1 rings (SSSR count). The molecule has 0 aliphatic heterocycles. The predicted molar refractivity (Wildman–Crippen MR) is 69.2 cm³/mol. The maximum Gasteiger partial charge on any atom is 0.322 e. The molecule has 1 aliphatic carbocycles. The van der Waals surface area contributed by atoms with Crippen LogP contribution in [0, 0.1) is 11.8 Å². The van der Waals surface area contributed by atoms with Crippen molar-refractivity contribution in [2.24, 2.45) is 11.8 Å². The van der Waals surface area contributed by atoms with E-state index in [9.17, 15) is 9.59 Å². The number of carbonyl (C=O) groups is 2. The van der Waals surface area contributed by atoms with Gasteiger partial charge in [-0.25, -0.2) is 0 Å². The average Bonchev–Trinajstić information content (AvgIpc) is 2.34. The van der Waals surface area contributed by atoms with Crippen molar-refractivity contribution in [2.45, 2.75) is 38.5 Å². The van der Waals surface area contributed by atoms with Gasteiger partial charge in [-0.3, -0.25) is 9.59 Å². The lowest BCUT2D eigenvalue weighted by atomic mass is 9.83. The minimum atomic E-state index is -1.01. The lowest BCUT2D eigenvalue weighted by Gasteiger charge is -2.25. The van der Waals surface area contributed by atoms with Gasteiger partial charge in [-0.05, 0) is 12.3 Å². The van der Waals surface area contributed by atoms with E-state index in [-0.39, 0.29) is 18.4 Å². The van der Waals surface area contributed by atoms with Crippen molar-refractivity contribution in [3.8, 4) is 0 Å². The van der Waals surface area contributed by atoms with Gasteiger partial charge in [0.1, 0.15) is 6.54 Å². The van der Waals surface area contributed by atoms with E-state index in [2.05, 4.69) is 17.9 Å². The first kappa shape index (κ1) is 14.4. The number of nitrogens with one attached hydrogen (secondary N) is 1. The number of carboxylic acid groups (broad SMARTS) is 1. The second-order valence-corrected chi connectivity index (χ2v) is 5.10. The van der Waals surface area contributed by atoms with Gasteiger partial charge in [-0.15, -0.1) is 0 Å². The zero-order valence-electron chi connectivity index (χ0n) is 10.0. The molecule has 1 atom stereocenters. The molecule has 0 saturated heterocycles. The molecule has 5 heteroatoms. The summed E-state index contributed by atoms with van der Waals surface area (Å²) in [5.41, 5.74) is 0. The molecule has 0 aromatic heterocycles. The van der Waals surface area contributed by atoms with Crippen LogP contribution in [0.25, 0.3) is 0 Å². The molecule has 1 unspecified atom stereocenters. The zero-order valence-corrected chi connectivity index (χ0v) is 10.9. The molecule has 1 saturated carbocycles. The van der Waals surface area contributed by atoms with Crippen LogP contribution in [0.3, 0.4) is 0 Å². The quantitative estimate of drug-likeness (QED) is 0.636. The van der Waals surface area contributed by atoms with Crippen molar-refractivity contribution in [1.82, 2.24) is 5.32 Å². The minimum absolute atomic E-state index is 0.152. The van der Waals surface area contributed by atoms with Crippen molar-refractivity contribution in [1.29, 1.82) is 0 Å². The molecule has 1 amide bonds. The third-order valence-corrected chi connectivity index (χ3v) is 3.79. The molecular formula is C12H21NO3S. The molecule has 0 aromatic carbocycles. The number of hydrogen-bond acceptors (Lipinski definition) is 3. The van der Waals surface area contributed by atoms with E-state index >= 15 is 0 Å². The van der Waals surface area contributed by atoms with Gasteiger partial charge < -0.3 is 10.4 Å². The number of aliphatic carboxylic acids is 1. The predicted octanol–water partition coefficient (Wildman–Crippen LogP) is 1.70. The SMILES string of the molecule is O=C(O)CNC(=O)C(CS)CC1CCCCC1. The smallest absolute Gasteiger partial charge is 0.322 e. The number of rotatable bonds is 6. The first-order valence-electron chi connectivity index (χ1n) is 6.24. The molecule has 0 spiro atoms. The Morgan fingerprint density at radius 1 is 1.29 bits per heavy atom. The number of amides is 1. The second-order valence-electron chi connectivity index (χ2n) is 4.73. The lowest BCUT2D eigenvalue weighted by molar-refractivity contribution is -0.138. The summed E-state index contributed by atoms with van der Waals surface area (Å²) in [4.78, 5) is 22.1. The molecule has 4 nitrogen and oxygen atoms in total. The first-order chi connectivity index (χ1) is 8.13. The van der Waals surface area contributed by atoms with E-state index in [1.165, 1.54) is 32.1 Å². The fourth-order valence-corrected chi connectivity index (χ4v) is 2.71. The summed E-state index contributed by atoms with van der Waals surface area (Å²) in [5, 5.41) is 10.9. The first-order valence-corrected chi connectivity index (χ1v) is 6.87. The third kappa shape index (κ3) is 5.44. The van der Waals surface area contributed by atoms with E-state index in [4.69, 9.17) is 5.11 Å². The van der Waals surface area contributed by atoms with Crippen molar-refractivity contribution in [3.05, 3.63) is 0 Å². The zero-order chi connectivity index (χ0) is 12.7. The van der Waals surface area contributed by atoms with E-state index in [1.807, 2.05) is 0 Å². The van der Waals surface area contributed by atoms with Gasteiger partial charge in [0.05, 0.1) is 0 Å². The summed E-state index contributed by atoms with van der Waals surface area (Å²) in [7, 11) is 0. The van der Waals surface area contributed by atoms with Crippen molar-refractivity contribution >= 4 is 24.5 Å². The van der Waals surface area contributed by atoms with Crippen LogP contribution in [-0.4, -0.2) is 29.3 Å². The Bertz CT molecular complexity index is 264. The number of carbonyl (C=O) groups excluding carboxylic acids is 1. The Kier molecular flexibility index (Phi) is 6.40. The minimum Gasteiger partial charge on any atom is -0.480 e. The number of carboxylic acids is 1. The van der Waals surface area contributed by atoms with Gasteiger partial charge >= 0.3 is 5.97 Å². The highest BCUT2D eigenvalue weighted by molar-refractivity contribution is 7.80. The molecule has 2 N–H and O–H groups in total. The van der Waals surface area contributed by atoms with Crippen LogP contribution >= 0.6 is 12.6 Å². The molecule has 1 fully saturated rings. The van der Waals surface area contributed by atoms with E-state index in [0.29, 0.717) is 11.7 Å². The molecular weight excluding hydrogens is 238 g/mol. The summed E-state index contributed by atoms with van der Waals surface area (Å²) in [5.74, 6) is -0.235. The highest BCUT2D eigenvalue weighted by Crippen LogP contribution is 2.29. The summed E-state index contributed by atoms with van der Waals surface area (Å²) < 4.78 is 0. The Morgan fingerprint density at radius 2 is 1.94 bits per heavy atom. The number of thiol groups is 1. The molecule has 0 aromatic rings. The van der Waals surface area contributed by atoms with E-state index in [0.717, 1.165) is 6.42 Å². The van der Waals surface area contributed by atoms with Crippen molar-refractivity contribution < 1.29 is 14.7 Å². The second kappa shape index (κ2) is 7.58. The van der Waals surface area contributed by atoms with Gasteiger partial charge in [0.25, 0.3) is 0 Å². The van der Waals surface area contributed by atoms with Gasteiger partial charge in [-0.1, -0.05) is 32.1 Å². The standard InChI is InChI=1S/C12H21NO3S/c14-11(15)7-13-12(16)10(8-17)6-9-4-2-1-3-5-9/h9-10,17H,1-8H2,(H,13,16)(H,14,15). The van der Waals surface area contributed by atoms with E-state index in [1.54, 1.807) is 0 Å². The van der Waals surface area contributed by atoms with Gasteiger partial charge in [-0.2, -0.15) is 12.6 Å². The van der Waals surface area contributed by atoms with Crippen molar-refractivity contribution in [2.75, 3.05) is 12.3 Å². The largest absolute Gasteiger partial charge is 0.480 e. The Balaban J connectivity index is 2.35. The van der Waals surface area contributed by atoms with Crippen LogP contribution in [0.5, 0.6) is 0 Å². The van der Waals surface area contributed by atoms with Gasteiger partial charge in [0.2, 0.25) is 5.91 Å². The van der Waals surface area contributed by atoms with Crippen LogP contribution in [0.4, 0.5) is 0 Å². The Hall–Kier alpha value is -0.710. The Morgan fingerprint density at radius 3 is 2.47 bits per heavy atom. The maximum absolute atomic E-state index is 11.7. The highest BCUT2D eigenvalue weighted by atomic mass is 32.1. The van der Waals surface area contributed by atoms with Gasteiger partial charge in [0.15, 0.2) is 0 Å². The molecule has 0 heterocycles. The average molecular weight is 259 g/mol. The molecule has 1 aliphatic rings. The topological polar surface area (TPSA) is 66.4 Å². The normalized spacial score (nSPS) is 18.6. The molecule has 0 bridgehead atoms. The lowest BCUT2D eigenvalue weighted by Crippen LogP contribution is -2.36. The van der Waals surface area contributed by atoms with Crippen molar-refractivity contribution in [3.63, 3.8) is 0 Å². The molecule has 17 heavy (non-hydrogen) atoms. The highest BCUT2D eigenvalue weighted by Gasteiger charge is 2.23. The molecule has 98 valence electrons. The van der Waals surface area contributed by atoms with Crippen LogP contribution in [0.15, 0.2) is 0 Å². The fraction of sp³-hybridized carbons (Fsp3) is 0.833. The monoisotopic (exact) mass is 259 g/mol. The summed E-state index contributed by atoms with van der Waals surface area (Å²) in [6.45, 7) is -0.298. The van der Waals surface area contributed by atoms with Gasteiger partial charge in [0, 0.05) is 11.7 Å². The van der Waals surface area contributed by atoms with E-state index < -0.39 is 5.97 Å². The Labute approximate surface area is 108 Å². The van der Waals surface area contributed by atoms with Crippen LogP contribution in [0.2, 0.25) is 0 Å². The third-order valence-electron chi connectivity index (χ3n) is 3.35. The summed E-state index contributed by atoms with van der Waals surface area (Å²) in [6.07, 6.45) is 7.02. The number of hydrogen-bond donors (Lipinski definition) is 3. The van der Waals surface area contributed by atoms with Crippen LogP contribution in [-0.2, 0) is 9.59 Å². The fourth-order valence-electron chi connectivity index (χ4n) is 2.40. The maximum atomic E-state index is 11.7. The molecule has 0 radical (unpaired) electrons. The summed E-state index contributed by atoms with van der Waals surface area (Å²) >= 11 is 4.19.